The van der Waals surface area contributed by atoms with E-state index in [1.165, 1.54) is 6.07 Å². The van der Waals surface area contributed by atoms with Gasteiger partial charge in [-0.05, 0) is 37.5 Å². The third-order valence-electron chi connectivity index (χ3n) is 3.03. The fraction of sp³-hybridized carbons (Fsp3) is 0.357. The summed E-state index contributed by atoms with van der Waals surface area (Å²) in [5.41, 5.74) is 6.41. The average molecular weight is 263 g/mol. The molecule has 0 aliphatic rings. The van der Waals surface area contributed by atoms with Gasteiger partial charge in [0.2, 0.25) is 0 Å². The maximum atomic E-state index is 13.7. The molecule has 2 rings (SSSR count). The number of anilines is 2. The molecule has 0 fully saturated rings. The lowest BCUT2D eigenvalue weighted by Gasteiger charge is -2.10. The van der Waals surface area contributed by atoms with Crippen molar-refractivity contribution < 1.29 is 9.50 Å². The number of hydrogen-bond acceptors (Lipinski definition) is 4. The van der Waals surface area contributed by atoms with Crippen molar-refractivity contribution in [2.24, 2.45) is 0 Å². The zero-order valence-corrected chi connectivity index (χ0v) is 10.7. The molecule has 1 aromatic heterocycles. The molecule has 0 radical (unpaired) electrons. The molecule has 0 unspecified atom stereocenters. The predicted octanol–water partition coefficient (Wildman–Crippen LogP) is 2.53. The van der Waals surface area contributed by atoms with E-state index in [0.717, 1.165) is 25.8 Å². The van der Waals surface area contributed by atoms with Crippen molar-refractivity contribution in [1.29, 1.82) is 0 Å². The molecule has 5 heteroatoms. The highest BCUT2D eigenvalue weighted by Gasteiger charge is 2.09. The first-order valence-corrected chi connectivity index (χ1v) is 6.41. The molecular weight excluding hydrogens is 245 g/mol. The lowest BCUT2D eigenvalue weighted by molar-refractivity contribution is 0.283. The number of nitrogens with zero attached hydrogens (tertiary/aromatic N) is 1. The van der Waals surface area contributed by atoms with Crippen LogP contribution in [0.1, 0.15) is 19.3 Å². The maximum Gasteiger partial charge on any atom is 0.136 e. The number of aliphatic hydroxyl groups excluding tert-OH is 1. The molecule has 0 spiro atoms. The van der Waals surface area contributed by atoms with Crippen LogP contribution in [-0.4, -0.2) is 23.2 Å². The van der Waals surface area contributed by atoms with Crippen molar-refractivity contribution in [2.75, 3.05) is 24.2 Å². The molecule has 102 valence electrons. The Hall–Kier alpha value is -1.88. The topological polar surface area (TPSA) is 71.2 Å². The standard InChI is InChI=1S/C14H18FN3O/c15-11-4-5-12(16)13-10(11)6-8-18-14(13)17-7-2-1-3-9-19/h4-6,8,19H,1-3,7,9,16H2,(H,17,18). The van der Waals surface area contributed by atoms with Crippen LogP contribution in [0.25, 0.3) is 10.8 Å². The van der Waals surface area contributed by atoms with E-state index < -0.39 is 0 Å². The van der Waals surface area contributed by atoms with E-state index in [1.54, 1.807) is 18.3 Å². The van der Waals surface area contributed by atoms with E-state index in [4.69, 9.17) is 10.8 Å². The van der Waals surface area contributed by atoms with Gasteiger partial charge in [-0.25, -0.2) is 9.37 Å². The maximum absolute atomic E-state index is 13.7. The fourth-order valence-electron chi connectivity index (χ4n) is 2.04. The summed E-state index contributed by atoms with van der Waals surface area (Å²) in [6.45, 7) is 0.937. The van der Waals surface area contributed by atoms with E-state index >= 15 is 0 Å². The first-order chi connectivity index (χ1) is 9.24. The summed E-state index contributed by atoms with van der Waals surface area (Å²) in [5, 5.41) is 13.0. The van der Waals surface area contributed by atoms with Crippen LogP contribution < -0.4 is 11.1 Å². The molecule has 0 amide bonds. The Kier molecular flexibility index (Phi) is 4.52. The van der Waals surface area contributed by atoms with Gasteiger partial charge in [-0.2, -0.15) is 0 Å². The smallest absolute Gasteiger partial charge is 0.136 e. The van der Waals surface area contributed by atoms with E-state index in [9.17, 15) is 4.39 Å². The quantitative estimate of drug-likeness (QED) is 0.553. The normalized spacial score (nSPS) is 10.8. The number of nitrogens with one attached hydrogen (secondary N) is 1. The van der Waals surface area contributed by atoms with Gasteiger partial charge in [-0.1, -0.05) is 0 Å². The minimum atomic E-state index is -0.296. The summed E-state index contributed by atoms with van der Waals surface area (Å²) in [6, 6.07) is 4.54. The average Bonchev–Trinajstić information content (AvgIpc) is 2.43. The zero-order chi connectivity index (χ0) is 13.7. The summed E-state index contributed by atoms with van der Waals surface area (Å²) in [5.74, 6) is 0.313. The SMILES string of the molecule is Nc1ccc(F)c2ccnc(NCCCCCO)c12. The Morgan fingerprint density at radius 2 is 2.05 bits per heavy atom. The molecule has 1 aromatic carbocycles. The van der Waals surface area contributed by atoms with Gasteiger partial charge < -0.3 is 16.2 Å². The minimum Gasteiger partial charge on any atom is -0.398 e. The molecule has 19 heavy (non-hydrogen) atoms. The number of nitrogens with two attached hydrogens (primary N) is 1. The number of pyridine rings is 1. The Labute approximate surface area is 111 Å². The molecule has 0 atom stereocenters. The van der Waals surface area contributed by atoms with Gasteiger partial charge >= 0.3 is 0 Å². The van der Waals surface area contributed by atoms with Gasteiger partial charge in [-0.15, -0.1) is 0 Å². The number of aliphatic hydroxyl groups is 1. The largest absolute Gasteiger partial charge is 0.398 e. The van der Waals surface area contributed by atoms with Crippen molar-refractivity contribution in [2.45, 2.75) is 19.3 Å². The van der Waals surface area contributed by atoms with Crippen LogP contribution in [0, 0.1) is 5.82 Å². The van der Waals surface area contributed by atoms with Crippen molar-refractivity contribution in [1.82, 2.24) is 4.98 Å². The molecule has 2 aromatic rings. The lowest BCUT2D eigenvalue weighted by Crippen LogP contribution is -2.05. The molecule has 4 nitrogen and oxygen atoms in total. The number of halogens is 1. The van der Waals surface area contributed by atoms with Gasteiger partial charge in [0, 0.05) is 30.4 Å². The Morgan fingerprint density at radius 3 is 2.84 bits per heavy atom. The highest BCUT2D eigenvalue weighted by molar-refractivity contribution is 6.00. The Balaban J connectivity index is 2.17. The zero-order valence-electron chi connectivity index (χ0n) is 10.7. The second kappa shape index (κ2) is 6.33. The van der Waals surface area contributed by atoms with Gasteiger partial charge in [0.05, 0.1) is 5.39 Å². The number of nitrogen functional groups attached to an aromatic ring is 1. The van der Waals surface area contributed by atoms with Crippen molar-refractivity contribution >= 4 is 22.3 Å². The first kappa shape index (κ1) is 13.5. The van der Waals surface area contributed by atoms with E-state index in [2.05, 4.69) is 10.3 Å². The number of rotatable bonds is 6. The van der Waals surface area contributed by atoms with Crippen molar-refractivity contribution in [3.05, 3.63) is 30.2 Å². The van der Waals surface area contributed by atoms with Gasteiger partial charge in [0.25, 0.3) is 0 Å². The molecule has 0 saturated heterocycles. The minimum absolute atomic E-state index is 0.213. The molecule has 4 N–H and O–H groups in total. The van der Waals surface area contributed by atoms with E-state index in [0.29, 0.717) is 22.3 Å². The predicted molar refractivity (Wildman–Crippen MR) is 75.5 cm³/mol. The Bertz CT molecular complexity index is 560. The van der Waals surface area contributed by atoms with E-state index in [-0.39, 0.29) is 12.4 Å². The molecule has 0 saturated carbocycles. The van der Waals surface area contributed by atoms with Crippen LogP contribution in [0.2, 0.25) is 0 Å². The number of hydrogen-bond donors (Lipinski definition) is 3. The number of aromatic nitrogens is 1. The molecule has 0 aliphatic carbocycles. The van der Waals surface area contributed by atoms with Gasteiger partial charge in [0.1, 0.15) is 11.6 Å². The molecule has 1 heterocycles. The fourth-order valence-corrected chi connectivity index (χ4v) is 2.04. The summed E-state index contributed by atoms with van der Waals surface area (Å²) in [4.78, 5) is 4.22. The number of benzene rings is 1. The third-order valence-corrected chi connectivity index (χ3v) is 3.03. The summed E-state index contributed by atoms with van der Waals surface area (Å²) in [7, 11) is 0. The summed E-state index contributed by atoms with van der Waals surface area (Å²) >= 11 is 0. The highest BCUT2D eigenvalue weighted by atomic mass is 19.1. The van der Waals surface area contributed by atoms with Crippen LogP contribution in [0.5, 0.6) is 0 Å². The number of fused-ring (bicyclic) bond motifs is 1. The highest BCUT2D eigenvalue weighted by Crippen LogP contribution is 2.28. The van der Waals surface area contributed by atoms with E-state index in [1.807, 2.05) is 0 Å². The van der Waals surface area contributed by atoms with Crippen molar-refractivity contribution in [3.8, 4) is 0 Å². The first-order valence-electron chi connectivity index (χ1n) is 6.41. The second-order valence-electron chi connectivity index (χ2n) is 4.43. The van der Waals surface area contributed by atoms with Crippen LogP contribution >= 0.6 is 0 Å². The van der Waals surface area contributed by atoms with Crippen LogP contribution in [-0.2, 0) is 0 Å². The van der Waals surface area contributed by atoms with Crippen molar-refractivity contribution in [3.63, 3.8) is 0 Å². The van der Waals surface area contributed by atoms with Crippen LogP contribution in [0.4, 0.5) is 15.9 Å². The third kappa shape index (κ3) is 3.12. The van der Waals surface area contributed by atoms with Crippen LogP contribution in [0.15, 0.2) is 24.4 Å². The van der Waals surface area contributed by atoms with Gasteiger partial charge in [-0.3, -0.25) is 0 Å². The second-order valence-corrected chi connectivity index (χ2v) is 4.43. The van der Waals surface area contributed by atoms with Crippen LogP contribution in [0.3, 0.4) is 0 Å². The summed E-state index contributed by atoms with van der Waals surface area (Å²) in [6.07, 6.45) is 4.23. The lowest BCUT2D eigenvalue weighted by atomic mass is 10.1. The number of unbranched alkanes of at least 4 members (excludes halogenated alkanes) is 2. The Morgan fingerprint density at radius 1 is 1.21 bits per heavy atom. The summed E-state index contributed by atoms with van der Waals surface area (Å²) < 4.78 is 13.7. The molecule has 0 aliphatic heterocycles. The molecular formula is C14H18FN3O. The molecule has 0 bridgehead atoms. The van der Waals surface area contributed by atoms with Gasteiger partial charge in [0.15, 0.2) is 0 Å². The monoisotopic (exact) mass is 263 g/mol.